The third-order valence-corrected chi connectivity index (χ3v) is 2.99. The first-order valence-corrected chi connectivity index (χ1v) is 5.94. The van der Waals surface area contributed by atoms with Crippen LogP contribution in [0.25, 0.3) is 0 Å². The van der Waals surface area contributed by atoms with Gasteiger partial charge in [-0.15, -0.1) is 0 Å². The topological polar surface area (TPSA) is 93.6 Å². The van der Waals surface area contributed by atoms with Crippen molar-refractivity contribution >= 4 is 17.3 Å². The van der Waals surface area contributed by atoms with Crippen molar-refractivity contribution in [3.63, 3.8) is 0 Å². The Morgan fingerprint density at radius 1 is 1.61 bits per heavy atom. The highest BCUT2D eigenvalue weighted by Gasteiger charge is 2.25. The molecule has 1 amide bonds. The molecule has 98 valence electrons. The predicted octanol–water partition coefficient (Wildman–Crippen LogP) is 0.236. The fourth-order valence-electron chi connectivity index (χ4n) is 2.02. The summed E-state index contributed by atoms with van der Waals surface area (Å²) in [4.78, 5) is 13.4. The quantitative estimate of drug-likeness (QED) is 0.309. The zero-order chi connectivity index (χ0) is 13.1. The van der Waals surface area contributed by atoms with Crippen LogP contribution in [0.5, 0.6) is 5.75 Å². The van der Waals surface area contributed by atoms with Crippen molar-refractivity contribution in [2.45, 2.75) is 19.4 Å². The van der Waals surface area contributed by atoms with Gasteiger partial charge in [-0.25, -0.2) is 5.84 Å². The standard InChI is InChI=1S/C12H18N4O2/c1-2-9-6-16(7-12(17)15-14)10-5-8(13)3-4-11(10)18-9/h3-5,9H,2,6-7,13-14H2,1H3,(H,15,17). The zero-order valence-electron chi connectivity index (χ0n) is 10.3. The van der Waals surface area contributed by atoms with Gasteiger partial charge in [0, 0.05) is 5.69 Å². The summed E-state index contributed by atoms with van der Waals surface area (Å²) in [5, 5.41) is 0. The highest BCUT2D eigenvalue weighted by molar-refractivity contribution is 5.82. The number of hydrogen-bond donors (Lipinski definition) is 3. The zero-order valence-corrected chi connectivity index (χ0v) is 10.3. The molecular weight excluding hydrogens is 232 g/mol. The molecule has 0 radical (unpaired) electrons. The van der Waals surface area contributed by atoms with Crippen molar-refractivity contribution in [2.24, 2.45) is 5.84 Å². The first-order valence-electron chi connectivity index (χ1n) is 5.94. The number of nitrogen functional groups attached to an aromatic ring is 1. The monoisotopic (exact) mass is 250 g/mol. The fraction of sp³-hybridized carbons (Fsp3) is 0.417. The van der Waals surface area contributed by atoms with Gasteiger partial charge in [0.2, 0.25) is 0 Å². The average Bonchev–Trinajstić information content (AvgIpc) is 2.38. The molecule has 1 aliphatic rings. The Kier molecular flexibility index (Phi) is 3.57. The Balaban J connectivity index is 2.28. The first-order chi connectivity index (χ1) is 8.63. The smallest absolute Gasteiger partial charge is 0.253 e. The Bertz CT molecular complexity index is 450. The number of hydrazine groups is 1. The summed E-state index contributed by atoms with van der Waals surface area (Å²) in [6.07, 6.45) is 0.955. The molecule has 0 fully saturated rings. The third kappa shape index (κ3) is 2.48. The second-order valence-corrected chi connectivity index (χ2v) is 4.32. The summed E-state index contributed by atoms with van der Waals surface area (Å²) in [5.41, 5.74) is 9.39. The number of hydrogen-bond acceptors (Lipinski definition) is 5. The molecule has 0 saturated heterocycles. The molecular formula is C12H18N4O2. The molecule has 1 atom stereocenters. The van der Waals surface area contributed by atoms with E-state index in [1.165, 1.54) is 0 Å². The van der Waals surface area contributed by atoms with Crippen LogP contribution in [0, 0.1) is 0 Å². The SMILES string of the molecule is CCC1CN(CC(=O)NN)c2cc(N)ccc2O1. The normalized spacial score (nSPS) is 17.9. The number of nitrogens with zero attached hydrogens (tertiary/aromatic N) is 1. The molecule has 18 heavy (non-hydrogen) atoms. The van der Waals surface area contributed by atoms with Crippen molar-refractivity contribution in [3.8, 4) is 5.75 Å². The summed E-state index contributed by atoms with van der Waals surface area (Å²) in [7, 11) is 0. The van der Waals surface area contributed by atoms with Crippen molar-refractivity contribution in [3.05, 3.63) is 18.2 Å². The van der Waals surface area contributed by atoms with Gasteiger partial charge in [-0.1, -0.05) is 6.92 Å². The third-order valence-electron chi connectivity index (χ3n) is 2.99. The van der Waals surface area contributed by atoms with Crippen molar-refractivity contribution in [1.29, 1.82) is 0 Å². The van der Waals surface area contributed by atoms with Gasteiger partial charge in [-0.2, -0.15) is 0 Å². The number of carbonyl (C=O) groups is 1. The van der Waals surface area contributed by atoms with Gasteiger partial charge in [0.25, 0.3) is 5.91 Å². The number of nitrogens with two attached hydrogens (primary N) is 2. The molecule has 5 N–H and O–H groups in total. The summed E-state index contributed by atoms with van der Waals surface area (Å²) < 4.78 is 5.82. The van der Waals surface area contributed by atoms with Gasteiger partial charge in [-0.05, 0) is 24.6 Å². The minimum absolute atomic E-state index is 0.0756. The highest BCUT2D eigenvalue weighted by atomic mass is 16.5. The van der Waals surface area contributed by atoms with Crippen LogP contribution in [0.1, 0.15) is 13.3 Å². The first kappa shape index (κ1) is 12.5. The van der Waals surface area contributed by atoms with Crippen LogP contribution in [-0.4, -0.2) is 25.1 Å². The number of amides is 1. The lowest BCUT2D eigenvalue weighted by molar-refractivity contribution is -0.119. The van der Waals surface area contributed by atoms with E-state index in [-0.39, 0.29) is 18.6 Å². The number of benzene rings is 1. The van der Waals surface area contributed by atoms with E-state index in [1.54, 1.807) is 6.07 Å². The maximum atomic E-state index is 11.4. The number of nitrogens with one attached hydrogen (secondary N) is 1. The Morgan fingerprint density at radius 3 is 3.06 bits per heavy atom. The molecule has 1 aromatic rings. The summed E-state index contributed by atoms with van der Waals surface area (Å²) >= 11 is 0. The van der Waals surface area contributed by atoms with E-state index in [2.05, 4.69) is 5.43 Å². The van der Waals surface area contributed by atoms with Gasteiger partial charge in [-0.3, -0.25) is 10.2 Å². The molecule has 0 spiro atoms. The van der Waals surface area contributed by atoms with Crippen LogP contribution in [0.15, 0.2) is 18.2 Å². The van der Waals surface area contributed by atoms with Crippen LogP contribution in [0.3, 0.4) is 0 Å². The molecule has 6 heteroatoms. The Morgan fingerprint density at radius 2 is 2.39 bits per heavy atom. The lowest BCUT2D eigenvalue weighted by Gasteiger charge is -2.35. The second-order valence-electron chi connectivity index (χ2n) is 4.32. The van der Waals surface area contributed by atoms with Crippen LogP contribution in [-0.2, 0) is 4.79 Å². The Labute approximate surface area is 106 Å². The lowest BCUT2D eigenvalue weighted by Crippen LogP contribution is -2.46. The Hall–Kier alpha value is -1.95. The second kappa shape index (κ2) is 5.14. The van der Waals surface area contributed by atoms with E-state index in [4.69, 9.17) is 16.3 Å². The van der Waals surface area contributed by atoms with E-state index in [0.29, 0.717) is 12.2 Å². The van der Waals surface area contributed by atoms with Crippen molar-refractivity contribution in [1.82, 2.24) is 5.43 Å². The van der Waals surface area contributed by atoms with Gasteiger partial charge in [0.05, 0.1) is 18.8 Å². The van der Waals surface area contributed by atoms with Crippen LogP contribution in [0.2, 0.25) is 0 Å². The number of anilines is 2. The van der Waals surface area contributed by atoms with E-state index in [1.807, 2.05) is 24.0 Å². The van der Waals surface area contributed by atoms with Gasteiger partial charge >= 0.3 is 0 Å². The summed E-state index contributed by atoms with van der Waals surface area (Å²) in [6.45, 7) is 2.90. The summed E-state index contributed by atoms with van der Waals surface area (Å²) in [5.74, 6) is 5.64. The van der Waals surface area contributed by atoms with Gasteiger partial charge < -0.3 is 15.4 Å². The molecule has 2 rings (SSSR count). The van der Waals surface area contributed by atoms with Crippen molar-refractivity contribution in [2.75, 3.05) is 23.7 Å². The molecule has 1 unspecified atom stereocenters. The minimum atomic E-state index is -0.236. The average molecular weight is 250 g/mol. The van der Waals surface area contributed by atoms with Crippen LogP contribution in [0.4, 0.5) is 11.4 Å². The van der Waals surface area contributed by atoms with Crippen LogP contribution < -0.4 is 26.6 Å². The number of fused-ring (bicyclic) bond motifs is 1. The van der Waals surface area contributed by atoms with E-state index < -0.39 is 0 Å². The van der Waals surface area contributed by atoms with Crippen LogP contribution >= 0.6 is 0 Å². The lowest BCUT2D eigenvalue weighted by atomic mass is 10.1. The predicted molar refractivity (Wildman–Crippen MR) is 70.1 cm³/mol. The maximum absolute atomic E-state index is 11.4. The largest absolute Gasteiger partial charge is 0.486 e. The molecule has 0 saturated carbocycles. The molecule has 6 nitrogen and oxygen atoms in total. The number of carbonyl (C=O) groups excluding carboxylic acids is 1. The fourth-order valence-corrected chi connectivity index (χ4v) is 2.02. The molecule has 1 aliphatic heterocycles. The van der Waals surface area contributed by atoms with E-state index >= 15 is 0 Å². The highest BCUT2D eigenvalue weighted by Crippen LogP contribution is 2.35. The van der Waals surface area contributed by atoms with E-state index in [9.17, 15) is 4.79 Å². The molecule has 0 aromatic heterocycles. The number of rotatable bonds is 3. The molecule has 0 bridgehead atoms. The summed E-state index contributed by atoms with van der Waals surface area (Å²) in [6, 6.07) is 5.43. The molecule has 1 aromatic carbocycles. The van der Waals surface area contributed by atoms with Gasteiger partial charge in [0.15, 0.2) is 0 Å². The van der Waals surface area contributed by atoms with Crippen molar-refractivity contribution < 1.29 is 9.53 Å². The number of ether oxygens (including phenoxy) is 1. The maximum Gasteiger partial charge on any atom is 0.253 e. The molecule has 1 heterocycles. The van der Waals surface area contributed by atoms with Gasteiger partial charge in [0.1, 0.15) is 11.9 Å². The van der Waals surface area contributed by atoms with E-state index in [0.717, 1.165) is 17.9 Å². The molecule has 0 aliphatic carbocycles. The minimum Gasteiger partial charge on any atom is -0.486 e.